The number of nitrogens with one attached hydrogen (secondary N) is 4. The fourth-order valence-corrected chi connectivity index (χ4v) is 5.96. The summed E-state index contributed by atoms with van der Waals surface area (Å²) in [6, 6.07) is 3.31. The minimum absolute atomic E-state index is 0.0346. The van der Waals surface area contributed by atoms with Gasteiger partial charge in [-0.05, 0) is 38.2 Å². The number of aliphatic carboxylic acids is 2. The number of carboxylic acids is 2. The quantitative estimate of drug-likeness (QED) is 0.191. The molecule has 1 aliphatic heterocycles. The minimum Gasteiger partial charge on any atom is -0.480 e. The first-order chi connectivity index (χ1) is 25.3. The molecular formula is C39H57N5O10. The zero-order valence-corrected chi connectivity index (χ0v) is 32.6. The van der Waals surface area contributed by atoms with Crippen molar-refractivity contribution in [3.05, 3.63) is 59.7 Å². The van der Waals surface area contributed by atoms with Crippen molar-refractivity contribution >= 4 is 41.5 Å². The first-order valence-electron chi connectivity index (χ1n) is 18.1. The molecule has 0 saturated carbocycles. The molecule has 1 heterocycles. The van der Waals surface area contributed by atoms with Crippen molar-refractivity contribution in [3.63, 3.8) is 0 Å². The van der Waals surface area contributed by atoms with Crippen LogP contribution in [-0.4, -0.2) is 107 Å². The van der Waals surface area contributed by atoms with Gasteiger partial charge in [-0.25, -0.2) is 9.59 Å². The van der Waals surface area contributed by atoms with Crippen molar-refractivity contribution in [2.45, 2.75) is 104 Å². The molecule has 3 unspecified atom stereocenters. The molecule has 1 aromatic rings. The molecule has 1 aromatic carbocycles. The number of benzene rings is 1. The van der Waals surface area contributed by atoms with E-state index < -0.39 is 89.4 Å². The highest BCUT2D eigenvalue weighted by Crippen LogP contribution is 2.19. The van der Waals surface area contributed by atoms with Crippen LogP contribution in [0.2, 0.25) is 0 Å². The Morgan fingerprint density at radius 2 is 1.48 bits per heavy atom. The number of carbonyl (C=O) groups excluding carboxylic acids is 5. The highest BCUT2D eigenvalue weighted by Gasteiger charge is 2.37. The molecule has 0 radical (unpaired) electrons. The Hall–Kier alpha value is -5.05. The average molecular weight is 756 g/mol. The van der Waals surface area contributed by atoms with Crippen LogP contribution in [0.3, 0.4) is 0 Å². The zero-order chi connectivity index (χ0) is 40.9. The van der Waals surface area contributed by atoms with Gasteiger partial charge in [-0.15, -0.1) is 0 Å². The second kappa shape index (κ2) is 21.0. The van der Waals surface area contributed by atoms with Crippen LogP contribution in [0.15, 0.2) is 54.1 Å². The lowest BCUT2D eigenvalue weighted by Gasteiger charge is -2.29. The van der Waals surface area contributed by atoms with Crippen molar-refractivity contribution in [3.8, 4) is 0 Å². The molecular weight excluding hydrogens is 698 g/mol. The maximum atomic E-state index is 13.8. The second-order valence-electron chi connectivity index (χ2n) is 14.4. The van der Waals surface area contributed by atoms with Gasteiger partial charge in [-0.2, -0.15) is 0 Å². The molecule has 0 aromatic heterocycles. The van der Waals surface area contributed by atoms with E-state index >= 15 is 0 Å². The fraction of sp³-hybridized carbons (Fsp3) is 0.564. The molecule has 0 spiro atoms. The standard InChI is InChI=1S/C39H57N5O10/c1-21(2)32-37(49)40-28(16-15-22(3)19-23(4)30(54-9)20-27-13-11-10-12-14-27)24(5)34(46)41-29(38(50)51)17-18-31(45)44(8)26(7)36(48)43-33(39(52)53)25(6)35(47)42-32/h10-16,19,21,23-26,28-30,32-33H,17-18,20H2,1-9H3,(H,40,49)(H,41,46)(H,42,47)(H,43,48)(H,50,51)(H,52,53)/b16-15+,22-19+/t23-,24-,25-,26-,28?,29+,30-,32?,33?/m0/s1. The van der Waals surface area contributed by atoms with E-state index in [1.807, 2.05) is 50.3 Å². The number of amides is 5. The van der Waals surface area contributed by atoms with E-state index in [0.717, 1.165) is 16.0 Å². The minimum atomic E-state index is -1.71. The normalized spacial score (nSPS) is 27.1. The molecule has 15 heteroatoms. The van der Waals surface area contributed by atoms with E-state index in [9.17, 15) is 43.8 Å². The summed E-state index contributed by atoms with van der Waals surface area (Å²) in [7, 11) is 2.94. The number of carboxylic acid groups (broad SMARTS) is 2. The van der Waals surface area contributed by atoms with Gasteiger partial charge in [-0.3, -0.25) is 24.0 Å². The van der Waals surface area contributed by atoms with Gasteiger partial charge < -0.3 is 41.1 Å². The van der Waals surface area contributed by atoms with Gasteiger partial charge in [0.25, 0.3) is 0 Å². The summed E-state index contributed by atoms with van der Waals surface area (Å²) >= 11 is 0. The Morgan fingerprint density at radius 1 is 0.870 bits per heavy atom. The van der Waals surface area contributed by atoms with E-state index in [1.54, 1.807) is 33.1 Å². The lowest BCUT2D eigenvalue weighted by molar-refractivity contribution is -0.147. The van der Waals surface area contributed by atoms with Gasteiger partial charge in [-0.1, -0.05) is 88.8 Å². The van der Waals surface area contributed by atoms with Gasteiger partial charge in [0.1, 0.15) is 24.2 Å². The molecule has 298 valence electrons. The Bertz CT molecular complexity index is 1560. The summed E-state index contributed by atoms with van der Waals surface area (Å²) in [6.07, 6.45) is 5.18. The number of methoxy groups -OCH3 is 1. The van der Waals surface area contributed by atoms with Crippen LogP contribution in [0.1, 0.15) is 66.9 Å². The van der Waals surface area contributed by atoms with E-state index in [4.69, 9.17) is 4.74 Å². The molecule has 1 fully saturated rings. The molecule has 1 aliphatic rings. The summed E-state index contributed by atoms with van der Waals surface area (Å²) in [5.74, 6) is -9.55. The third kappa shape index (κ3) is 13.1. The highest BCUT2D eigenvalue weighted by atomic mass is 16.5. The molecule has 15 nitrogen and oxygen atoms in total. The largest absolute Gasteiger partial charge is 0.480 e. The number of hydrogen-bond acceptors (Lipinski definition) is 8. The number of carbonyl (C=O) groups is 7. The Labute approximate surface area is 317 Å². The predicted octanol–water partition coefficient (Wildman–Crippen LogP) is 2.06. The fourth-order valence-electron chi connectivity index (χ4n) is 5.96. The van der Waals surface area contributed by atoms with Gasteiger partial charge in [0.15, 0.2) is 0 Å². The third-order valence-electron chi connectivity index (χ3n) is 9.86. The summed E-state index contributed by atoms with van der Waals surface area (Å²) in [6.45, 7) is 11.4. The van der Waals surface area contributed by atoms with Gasteiger partial charge in [0, 0.05) is 26.5 Å². The first-order valence-corrected chi connectivity index (χ1v) is 18.1. The van der Waals surface area contributed by atoms with Gasteiger partial charge >= 0.3 is 11.9 Å². The van der Waals surface area contributed by atoms with E-state index in [2.05, 4.69) is 21.3 Å². The number of rotatable bonds is 10. The summed E-state index contributed by atoms with van der Waals surface area (Å²) < 4.78 is 5.78. The SMILES string of the molecule is CO[C@@H](Cc1ccccc1)[C@@H](C)/C=C(C)/C=C/C1NC(=O)C(C(C)C)NC(=O)[C@@H](C)C(C(=O)O)NC(=O)[C@H](C)N(C)C(=O)CC[C@H](C(=O)O)NC(=O)[C@H]1C. The Kier molecular flexibility index (Phi) is 17.5. The maximum Gasteiger partial charge on any atom is 0.327 e. The number of nitrogens with zero attached hydrogens (tertiary/aromatic N) is 1. The number of ether oxygens (including phenoxy) is 1. The lowest BCUT2D eigenvalue weighted by Crippen LogP contribution is -2.58. The Balaban J connectivity index is 2.54. The smallest absolute Gasteiger partial charge is 0.327 e. The van der Waals surface area contributed by atoms with Crippen molar-refractivity contribution in [1.82, 2.24) is 26.2 Å². The van der Waals surface area contributed by atoms with Crippen LogP contribution in [0, 0.1) is 23.7 Å². The van der Waals surface area contributed by atoms with Gasteiger partial charge in [0.05, 0.1) is 24.0 Å². The van der Waals surface area contributed by atoms with Crippen LogP contribution < -0.4 is 21.3 Å². The van der Waals surface area contributed by atoms with Crippen molar-refractivity contribution in [1.29, 1.82) is 0 Å². The zero-order valence-electron chi connectivity index (χ0n) is 32.6. The van der Waals surface area contributed by atoms with Crippen molar-refractivity contribution in [2.24, 2.45) is 23.7 Å². The number of hydrogen-bond donors (Lipinski definition) is 6. The summed E-state index contributed by atoms with van der Waals surface area (Å²) in [5, 5.41) is 30.0. The topological polar surface area (TPSA) is 221 Å². The van der Waals surface area contributed by atoms with Crippen LogP contribution in [0.25, 0.3) is 0 Å². The highest BCUT2D eigenvalue weighted by molar-refractivity contribution is 5.95. The molecule has 0 bridgehead atoms. The Morgan fingerprint density at radius 3 is 2.04 bits per heavy atom. The van der Waals surface area contributed by atoms with Crippen molar-refractivity contribution < 1.29 is 48.5 Å². The van der Waals surface area contributed by atoms with Crippen LogP contribution >= 0.6 is 0 Å². The summed E-state index contributed by atoms with van der Waals surface area (Å²) in [5.41, 5.74) is 1.91. The van der Waals surface area contributed by atoms with Crippen LogP contribution in [0.4, 0.5) is 0 Å². The molecule has 5 amide bonds. The number of allylic oxidation sites excluding steroid dienone is 2. The lowest BCUT2D eigenvalue weighted by atomic mass is 9.94. The van der Waals surface area contributed by atoms with Crippen LogP contribution in [0.5, 0.6) is 0 Å². The van der Waals surface area contributed by atoms with E-state index in [-0.39, 0.29) is 24.9 Å². The predicted molar refractivity (Wildman–Crippen MR) is 201 cm³/mol. The third-order valence-corrected chi connectivity index (χ3v) is 9.86. The van der Waals surface area contributed by atoms with E-state index in [1.165, 1.54) is 27.8 Å². The second-order valence-corrected chi connectivity index (χ2v) is 14.4. The molecule has 1 saturated heterocycles. The molecule has 6 N–H and O–H groups in total. The maximum absolute atomic E-state index is 13.8. The number of likely N-dealkylation sites (N-methyl/N-ethyl adjacent to an activating group) is 1. The van der Waals surface area contributed by atoms with Gasteiger partial charge in [0.2, 0.25) is 29.5 Å². The van der Waals surface area contributed by atoms with Crippen LogP contribution in [-0.2, 0) is 44.7 Å². The average Bonchev–Trinajstić information content (AvgIpc) is 3.12. The van der Waals surface area contributed by atoms with Crippen molar-refractivity contribution in [2.75, 3.05) is 14.2 Å². The molecule has 54 heavy (non-hydrogen) atoms. The molecule has 2 rings (SSSR count). The van der Waals surface area contributed by atoms with E-state index in [0.29, 0.717) is 6.42 Å². The monoisotopic (exact) mass is 755 g/mol. The first kappa shape index (κ1) is 45.1. The molecule has 0 aliphatic carbocycles. The molecule has 9 atom stereocenters. The summed E-state index contributed by atoms with van der Waals surface area (Å²) in [4.78, 5) is 92.4.